The molecule has 3 heterocycles. The Morgan fingerprint density at radius 1 is 1.05 bits per heavy atom. The van der Waals surface area contributed by atoms with E-state index in [-0.39, 0.29) is 17.6 Å². The van der Waals surface area contributed by atoms with Crippen molar-refractivity contribution in [3.8, 4) is 0 Å². The Morgan fingerprint density at radius 3 is 2.45 bits per heavy atom. The molecule has 112 valence electrons. The van der Waals surface area contributed by atoms with Gasteiger partial charge in [0.15, 0.2) is 0 Å². The second-order valence-corrected chi connectivity index (χ2v) is 6.44. The van der Waals surface area contributed by atoms with Gasteiger partial charge in [0.1, 0.15) is 18.7 Å². The Hall–Kier alpha value is -2.36. The molecule has 0 bridgehead atoms. The highest BCUT2D eigenvalue weighted by Gasteiger charge is 2.55. The summed E-state index contributed by atoms with van der Waals surface area (Å²) in [5.41, 5.74) is 2.11. The molecule has 1 saturated heterocycles. The van der Waals surface area contributed by atoms with E-state index in [2.05, 4.69) is 54.1 Å². The first-order chi connectivity index (χ1) is 10.7. The summed E-state index contributed by atoms with van der Waals surface area (Å²) in [6.45, 7) is 4.85. The van der Waals surface area contributed by atoms with Gasteiger partial charge in [-0.25, -0.2) is 4.99 Å². The molecule has 2 atom stereocenters. The zero-order valence-electron chi connectivity index (χ0n) is 12.8. The van der Waals surface area contributed by atoms with Crippen molar-refractivity contribution in [2.45, 2.75) is 31.5 Å². The molecule has 2 aliphatic rings. The fraction of sp³-hybridized carbons (Fsp3) is 0.333. The summed E-state index contributed by atoms with van der Waals surface area (Å²) < 4.78 is 5.88. The van der Waals surface area contributed by atoms with Crippen molar-refractivity contribution in [3.63, 3.8) is 0 Å². The predicted octanol–water partition coefficient (Wildman–Crippen LogP) is 3.22. The molecule has 0 spiro atoms. The molecule has 22 heavy (non-hydrogen) atoms. The number of para-hydroxylation sites is 1. The van der Waals surface area contributed by atoms with Crippen molar-refractivity contribution in [1.82, 2.24) is 4.98 Å². The van der Waals surface area contributed by atoms with Gasteiger partial charge in [0.25, 0.3) is 0 Å². The van der Waals surface area contributed by atoms with Crippen LogP contribution in [0.1, 0.15) is 25.6 Å². The van der Waals surface area contributed by atoms with E-state index in [1.165, 1.54) is 5.69 Å². The quantitative estimate of drug-likeness (QED) is 0.815. The highest BCUT2D eigenvalue weighted by Crippen LogP contribution is 2.48. The standard InChI is InChI=1S/C18H19N3O/c1-18(2)12-22-17(20-18)16-15(14-10-6-7-11-19-14)21(16)13-8-4-3-5-9-13/h3-11,15-16H,12H2,1-2H3/t15-,16?,21?/m0/s1. The predicted molar refractivity (Wildman–Crippen MR) is 87.2 cm³/mol. The fourth-order valence-corrected chi connectivity index (χ4v) is 3.03. The summed E-state index contributed by atoms with van der Waals surface area (Å²) in [5.74, 6) is 0.838. The van der Waals surface area contributed by atoms with Crippen LogP contribution in [0, 0.1) is 0 Å². The third kappa shape index (κ3) is 2.25. The third-order valence-electron chi connectivity index (χ3n) is 4.09. The van der Waals surface area contributed by atoms with Crippen LogP contribution in [0.5, 0.6) is 0 Å². The van der Waals surface area contributed by atoms with E-state index in [4.69, 9.17) is 9.73 Å². The Balaban J connectivity index is 1.70. The summed E-state index contributed by atoms with van der Waals surface area (Å²) in [4.78, 5) is 11.6. The van der Waals surface area contributed by atoms with Gasteiger partial charge in [-0.2, -0.15) is 0 Å². The zero-order chi connectivity index (χ0) is 15.2. The lowest BCUT2D eigenvalue weighted by atomic mass is 10.1. The number of benzene rings is 1. The molecule has 0 saturated carbocycles. The van der Waals surface area contributed by atoms with Crippen LogP contribution in [0.4, 0.5) is 5.69 Å². The SMILES string of the molecule is CC1(C)COC(C2[C@H](c3ccccn3)N2c2ccccc2)=N1. The Bertz CT molecular complexity index is 651. The number of aromatic nitrogens is 1. The van der Waals surface area contributed by atoms with E-state index in [1.807, 2.05) is 24.4 Å². The van der Waals surface area contributed by atoms with Crippen LogP contribution in [0.2, 0.25) is 0 Å². The van der Waals surface area contributed by atoms with Gasteiger partial charge in [0.05, 0.1) is 11.2 Å². The molecule has 0 aliphatic carbocycles. The summed E-state index contributed by atoms with van der Waals surface area (Å²) in [5, 5.41) is 0. The largest absolute Gasteiger partial charge is 0.477 e. The van der Waals surface area contributed by atoms with Crippen molar-refractivity contribution < 1.29 is 4.74 Å². The normalized spacial score (nSPS) is 25.5. The van der Waals surface area contributed by atoms with Crippen LogP contribution in [-0.4, -0.2) is 29.1 Å². The maximum Gasteiger partial charge on any atom is 0.210 e. The number of ether oxygens (including phenoxy) is 1. The van der Waals surface area contributed by atoms with E-state index in [1.54, 1.807) is 0 Å². The van der Waals surface area contributed by atoms with Gasteiger partial charge in [0, 0.05) is 11.9 Å². The molecule has 1 aromatic carbocycles. The van der Waals surface area contributed by atoms with Crippen LogP contribution in [0.3, 0.4) is 0 Å². The third-order valence-corrected chi connectivity index (χ3v) is 4.09. The lowest BCUT2D eigenvalue weighted by molar-refractivity contribution is 0.275. The van der Waals surface area contributed by atoms with Gasteiger partial charge in [0.2, 0.25) is 5.90 Å². The monoisotopic (exact) mass is 293 g/mol. The van der Waals surface area contributed by atoms with Gasteiger partial charge in [-0.3, -0.25) is 4.98 Å². The molecule has 1 unspecified atom stereocenters. The molecular weight excluding hydrogens is 274 g/mol. The fourth-order valence-electron chi connectivity index (χ4n) is 3.03. The van der Waals surface area contributed by atoms with Crippen LogP contribution < -0.4 is 4.90 Å². The number of hydrogen-bond donors (Lipinski definition) is 0. The van der Waals surface area contributed by atoms with E-state index < -0.39 is 0 Å². The minimum absolute atomic E-state index is 0.130. The minimum Gasteiger partial charge on any atom is -0.477 e. The van der Waals surface area contributed by atoms with Crippen molar-refractivity contribution in [1.29, 1.82) is 0 Å². The second kappa shape index (κ2) is 4.83. The lowest BCUT2D eigenvalue weighted by Gasteiger charge is -2.07. The summed E-state index contributed by atoms with van der Waals surface area (Å²) >= 11 is 0. The maximum atomic E-state index is 5.88. The van der Waals surface area contributed by atoms with E-state index >= 15 is 0 Å². The van der Waals surface area contributed by atoms with Crippen LogP contribution in [0.15, 0.2) is 59.7 Å². The van der Waals surface area contributed by atoms with Gasteiger partial charge >= 0.3 is 0 Å². The van der Waals surface area contributed by atoms with Crippen molar-refractivity contribution in [2.75, 3.05) is 11.5 Å². The molecule has 4 heteroatoms. The van der Waals surface area contributed by atoms with E-state index in [0.717, 1.165) is 11.6 Å². The van der Waals surface area contributed by atoms with Gasteiger partial charge in [-0.15, -0.1) is 0 Å². The molecule has 0 N–H and O–H groups in total. The molecule has 1 fully saturated rings. The Kier molecular flexibility index (Phi) is 2.93. The van der Waals surface area contributed by atoms with Crippen LogP contribution in [0.25, 0.3) is 0 Å². The number of pyridine rings is 1. The second-order valence-electron chi connectivity index (χ2n) is 6.44. The molecule has 0 radical (unpaired) electrons. The molecule has 2 aromatic rings. The van der Waals surface area contributed by atoms with Crippen LogP contribution in [-0.2, 0) is 4.74 Å². The average Bonchev–Trinajstić information content (AvgIpc) is 3.19. The van der Waals surface area contributed by atoms with Gasteiger partial charge < -0.3 is 9.64 Å². The van der Waals surface area contributed by atoms with E-state index in [0.29, 0.717) is 6.61 Å². The molecule has 4 rings (SSSR count). The number of rotatable bonds is 3. The summed E-state index contributed by atoms with van der Waals surface area (Å²) in [7, 11) is 0. The number of anilines is 1. The number of hydrogen-bond acceptors (Lipinski definition) is 4. The Morgan fingerprint density at radius 2 is 1.82 bits per heavy atom. The van der Waals surface area contributed by atoms with Gasteiger partial charge in [-0.1, -0.05) is 24.3 Å². The molecule has 4 nitrogen and oxygen atoms in total. The highest BCUT2D eigenvalue weighted by molar-refractivity contribution is 5.94. The first-order valence-corrected chi connectivity index (χ1v) is 7.63. The Labute approximate surface area is 130 Å². The smallest absolute Gasteiger partial charge is 0.210 e. The van der Waals surface area contributed by atoms with Crippen molar-refractivity contribution in [2.24, 2.45) is 4.99 Å². The maximum absolute atomic E-state index is 5.88. The van der Waals surface area contributed by atoms with Crippen molar-refractivity contribution in [3.05, 3.63) is 60.4 Å². The first-order valence-electron chi connectivity index (χ1n) is 7.63. The topological polar surface area (TPSA) is 37.5 Å². The lowest BCUT2D eigenvalue weighted by Crippen LogP contribution is -2.17. The number of aliphatic imine (C=N–C) groups is 1. The van der Waals surface area contributed by atoms with Gasteiger partial charge in [-0.05, 0) is 38.1 Å². The van der Waals surface area contributed by atoms with Crippen molar-refractivity contribution >= 4 is 11.6 Å². The highest BCUT2D eigenvalue weighted by atomic mass is 16.5. The minimum atomic E-state index is -0.130. The number of nitrogens with zero attached hydrogens (tertiary/aromatic N) is 3. The summed E-state index contributed by atoms with van der Waals surface area (Å²) in [6.07, 6.45) is 1.84. The molecule has 0 amide bonds. The summed E-state index contributed by atoms with van der Waals surface area (Å²) in [6, 6.07) is 16.8. The van der Waals surface area contributed by atoms with Crippen LogP contribution >= 0.6 is 0 Å². The average molecular weight is 293 g/mol. The van der Waals surface area contributed by atoms with E-state index in [9.17, 15) is 0 Å². The molecule has 1 aromatic heterocycles. The first kappa shape index (κ1) is 13.3. The molecular formula is C18H19N3O. The molecule has 2 aliphatic heterocycles. The zero-order valence-corrected chi connectivity index (χ0v) is 12.8.